The highest BCUT2D eigenvalue weighted by Gasteiger charge is 2.04. The van der Waals surface area contributed by atoms with Crippen LogP contribution in [-0.4, -0.2) is 31.5 Å². The van der Waals surface area contributed by atoms with Crippen molar-refractivity contribution in [2.75, 3.05) is 19.6 Å². The molecule has 0 atom stereocenters. The van der Waals surface area contributed by atoms with Gasteiger partial charge in [-0.15, -0.1) is 24.0 Å². The predicted molar refractivity (Wildman–Crippen MR) is 87.2 cm³/mol. The smallest absolute Gasteiger partial charge is 0.222 e. The first-order valence-corrected chi connectivity index (χ1v) is 5.89. The number of aliphatic imine (C=N–C) groups is 1. The summed E-state index contributed by atoms with van der Waals surface area (Å²) in [5.74, 6) is 0.530. The van der Waals surface area contributed by atoms with Gasteiger partial charge in [0.25, 0.3) is 0 Å². The molecule has 0 fully saturated rings. The lowest BCUT2D eigenvalue weighted by atomic mass is 10.2. The quantitative estimate of drug-likeness (QED) is 0.208. The normalized spacial score (nSPS) is 10.8. The van der Waals surface area contributed by atoms with Crippen molar-refractivity contribution in [2.45, 2.75) is 27.2 Å². The molecule has 6 heteroatoms. The Labute approximate surface area is 127 Å². The largest absolute Gasteiger partial charge is 0.370 e. The average molecular weight is 368 g/mol. The van der Waals surface area contributed by atoms with Crippen LogP contribution in [0, 0.1) is 5.92 Å². The van der Waals surface area contributed by atoms with Gasteiger partial charge in [0.05, 0.1) is 6.54 Å². The van der Waals surface area contributed by atoms with E-state index in [1.807, 2.05) is 20.8 Å². The van der Waals surface area contributed by atoms with Crippen molar-refractivity contribution in [1.29, 1.82) is 0 Å². The van der Waals surface area contributed by atoms with Gasteiger partial charge < -0.3 is 16.4 Å². The van der Waals surface area contributed by atoms with Crippen molar-refractivity contribution in [3.63, 3.8) is 0 Å². The van der Waals surface area contributed by atoms with Gasteiger partial charge in [-0.05, 0) is 13.3 Å². The number of rotatable bonds is 7. The van der Waals surface area contributed by atoms with Crippen LogP contribution >= 0.6 is 24.0 Å². The Morgan fingerprint density at radius 2 is 1.89 bits per heavy atom. The van der Waals surface area contributed by atoms with Crippen LogP contribution in [0.2, 0.25) is 0 Å². The Morgan fingerprint density at radius 3 is 2.39 bits per heavy atom. The molecule has 0 radical (unpaired) electrons. The lowest BCUT2D eigenvalue weighted by Crippen LogP contribution is -2.35. The second-order valence-corrected chi connectivity index (χ2v) is 4.38. The van der Waals surface area contributed by atoms with Gasteiger partial charge in [-0.2, -0.15) is 0 Å². The van der Waals surface area contributed by atoms with E-state index in [1.54, 1.807) is 0 Å². The van der Waals surface area contributed by atoms with Crippen LogP contribution in [0.5, 0.6) is 0 Å². The Balaban J connectivity index is 0. The molecule has 0 aromatic carbocycles. The van der Waals surface area contributed by atoms with E-state index in [0.29, 0.717) is 25.6 Å². The zero-order valence-corrected chi connectivity index (χ0v) is 13.8. The van der Waals surface area contributed by atoms with Crippen LogP contribution in [-0.2, 0) is 4.79 Å². The van der Waals surface area contributed by atoms with Crippen LogP contribution in [0.1, 0.15) is 27.2 Å². The highest BCUT2D eigenvalue weighted by Crippen LogP contribution is 1.90. The number of nitrogens with zero attached hydrogens (tertiary/aromatic N) is 1. The molecule has 5 nitrogen and oxygen atoms in total. The van der Waals surface area contributed by atoms with Crippen LogP contribution in [0.3, 0.4) is 0 Å². The van der Waals surface area contributed by atoms with Gasteiger partial charge >= 0.3 is 0 Å². The van der Waals surface area contributed by atoms with Gasteiger partial charge in [0.1, 0.15) is 0 Å². The summed E-state index contributed by atoms with van der Waals surface area (Å²) in [6.07, 6.45) is 0.821. The van der Waals surface area contributed by atoms with E-state index < -0.39 is 0 Å². The monoisotopic (exact) mass is 368 g/mol. The maximum atomic E-state index is 11.2. The van der Waals surface area contributed by atoms with Crippen LogP contribution in [0.4, 0.5) is 0 Å². The van der Waals surface area contributed by atoms with E-state index >= 15 is 0 Å². The van der Waals surface area contributed by atoms with Crippen molar-refractivity contribution in [3.05, 3.63) is 12.2 Å². The van der Waals surface area contributed by atoms with Crippen molar-refractivity contribution in [3.8, 4) is 0 Å². The number of amides is 1. The first-order chi connectivity index (χ1) is 7.93. The van der Waals surface area contributed by atoms with Gasteiger partial charge in [0.2, 0.25) is 5.91 Å². The molecular weight excluding hydrogens is 343 g/mol. The maximum Gasteiger partial charge on any atom is 0.222 e. The number of hydrogen-bond donors (Lipinski definition) is 3. The molecule has 0 aliphatic rings. The van der Waals surface area contributed by atoms with Crippen molar-refractivity contribution in [1.82, 2.24) is 10.6 Å². The predicted octanol–water partition coefficient (Wildman–Crippen LogP) is 1.25. The number of hydrogen-bond acceptors (Lipinski definition) is 2. The summed E-state index contributed by atoms with van der Waals surface area (Å²) in [7, 11) is 0. The summed E-state index contributed by atoms with van der Waals surface area (Å²) in [5, 5.41) is 5.81. The topological polar surface area (TPSA) is 79.5 Å². The molecule has 0 unspecified atom stereocenters. The molecule has 0 aliphatic carbocycles. The third kappa shape index (κ3) is 11.7. The standard InChI is InChI=1S/C12H24N4O.HI/c1-9(2)8-16-12(13)15-7-5-6-14-11(17)10(3)4;/h10H,1,5-8H2,2-4H3,(H,14,17)(H3,13,15,16);1H. The van der Waals surface area contributed by atoms with E-state index in [0.717, 1.165) is 12.0 Å². The van der Waals surface area contributed by atoms with Crippen molar-refractivity contribution >= 4 is 35.8 Å². The Kier molecular flexibility index (Phi) is 12.3. The van der Waals surface area contributed by atoms with Gasteiger partial charge in [-0.25, -0.2) is 4.99 Å². The van der Waals surface area contributed by atoms with E-state index in [4.69, 9.17) is 5.73 Å². The number of halogens is 1. The Bertz CT molecular complexity index is 290. The van der Waals surface area contributed by atoms with Crippen LogP contribution in [0.15, 0.2) is 17.1 Å². The number of carbonyl (C=O) groups excluding carboxylic acids is 1. The van der Waals surface area contributed by atoms with E-state index in [9.17, 15) is 4.79 Å². The fourth-order valence-corrected chi connectivity index (χ4v) is 0.997. The second kappa shape index (κ2) is 11.3. The molecule has 0 bridgehead atoms. The number of nitrogens with two attached hydrogens (primary N) is 1. The third-order valence-corrected chi connectivity index (χ3v) is 2.00. The fraction of sp³-hybridized carbons (Fsp3) is 0.667. The minimum atomic E-state index is 0. The summed E-state index contributed by atoms with van der Waals surface area (Å²) in [6, 6.07) is 0. The molecule has 0 saturated heterocycles. The number of guanidine groups is 1. The van der Waals surface area contributed by atoms with E-state index in [-0.39, 0.29) is 35.8 Å². The highest BCUT2D eigenvalue weighted by atomic mass is 127. The molecule has 18 heavy (non-hydrogen) atoms. The molecule has 1 amide bonds. The fourth-order valence-electron chi connectivity index (χ4n) is 0.997. The molecular formula is C12H25IN4O. The zero-order chi connectivity index (χ0) is 13.3. The molecule has 0 aromatic rings. The Morgan fingerprint density at radius 1 is 1.33 bits per heavy atom. The summed E-state index contributed by atoms with van der Waals surface area (Å²) >= 11 is 0. The van der Waals surface area contributed by atoms with Gasteiger partial charge in [-0.1, -0.05) is 26.0 Å². The second-order valence-electron chi connectivity index (χ2n) is 4.38. The summed E-state index contributed by atoms with van der Waals surface area (Å²) < 4.78 is 0. The van der Waals surface area contributed by atoms with Crippen molar-refractivity contribution in [2.24, 2.45) is 16.6 Å². The summed E-state index contributed by atoms with van der Waals surface area (Å²) in [5.41, 5.74) is 6.59. The molecule has 0 saturated carbocycles. The lowest BCUT2D eigenvalue weighted by molar-refractivity contribution is -0.123. The van der Waals surface area contributed by atoms with Crippen LogP contribution < -0.4 is 16.4 Å². The van der Waals surface area contributed by atoms with Crippen molar-refractivity contribution < 1.29 is 4.79 Å². The van der Waals surface area contributed by atoms with Gasteiger partial charge in [0.15, 0.2) is 5.96 Å². The zero-order valence-electron chi connectivity index (χ0n) is 11.5. The lowest BCUT2D eigenvalue weighted by Gasteiger charge is -2.08. The minimum absolute atomic E-state index is 0. The molecule has 0 aromatic heterocycles. The third-order valence-electron chi connectivity index (χ3n) is 2.00. The molecule has 0 rings (SSSR count). The molecule has 0 spiro atoms. The van der Waals surface area contributed by atoms with Gasteiger partial charge in [0, 0.05) is 19.0 Å². The molecule has 0 heterocycles. The maximum absolute atomic E-state index is 11.2. The molecule has 106 valence electrons. The van der Waals surface area contributed by atoms with Gasteiger partial charge in [-0.3, -0.25) is 4.79 Å². The number of carbonyl (C=O) groups is 1. The van der Waals surface area contributed by atoms with E-state index in [2.05, 4.69) is 22.2 Å². The van der Waals surface area contributed by atoms with Crippen LogP contribution in [0.25, 0.3) is 0 Å². The minimum Gasteiger partial charge on any atom is -0.370 e. The highest BCUT2D eigenvalue weighted by molar-refractivity contribution is 14.0. The summed E-state index contributed by atoms with van der Waals surface area (Å²) in [4.78, 5) is 15.3. The molecule has 0 aliphatic heterocycles. The molecule has 4 N–H and O–H groups in total. The SMILES string of the molecule is C=C(C)CN=C(N)NCCCNC(=O)C(C)C.I. The first kappa shape index (κ1) is 19.5. The van der Waals surface area contributed by atoms with E-state index in [1.165, 1.54) is 0 Å². The first-order valence-electron chi connectivity index (χ1n) is 5.89. The average Bonchev–Trinajstić information content (AvgIpc) is 2.25. The number of nitrogens with one attached hydrogen (secondary N) is 2. The Hall–Kier alpha value is -0.790. The summed E-state index contributed by atoms with van der Waals surface area (Å²) in [6.45, 7) is 11.3.